The Bertz CT molecular complexity index is 115. The first-order valence-electron chi connectivity index (χ1n) is 1.67. The maximum absolute atomic E-state index is 5.29. The minimum Gasteiger partial charge on any atom is -0.398 e. The maximum Gasteiger partial charge on any atom is 0.0422 e. The Hall–Kier alpha value is -0.210. The highest BCUT2D eigenvalue weighted by Gasteiger charge is 1.74. The quantitative estimate of drug-likeness (QED) is 0.577. The van der Waals surface area contributed by atoms with Crippen molar-refractivity contribution in [1.82, 2.24) is 0 Å². The van der Waals surface area contributed by atoms with Gasteiger partial charge < -0.3 is 5.73 Å². The third-order valence-corrected chi connectivity index (χ3v) is 1.24. The lowest BCUT2D eigenvalue weighted by molar-refractivity contribution is 1.89. The second-order valence-corrected chi connectivity index (χ2v) is 1.84. The Morgan fingerprint density at radius 1 is 1.57 bits per heavy atom. The largest absolute Gasteiger partial charge is 0.398 e. The molecule has 0 atom stereocenters. The van der Waals surface area contributed by atoms with Gasteiger partial charge in [-0.05, 0) is 11.4 Å². The number of halogens is 1. The van der Waals surface area contributed by atoms with Crippen LogP contribution >= 0.6 is 23.7 Å². The van der Waals surface area contributed by atoms with Crippen LogP contribution in [0.4, 0.5) is 5.69 Å². The molecule has 0 unspecified atom stereocenters. The Kier molecular flexibility index (Phi) is 2.79. The molecule has 1 heterocycles. The minimum atomic E-state index is 0. The average molecular weight is 136 g/mol. The van der Waals surface area contributed by atoms with Gasteiger partial charge in [0.15, 0.2) is 0 Å². The first-order valence-corrected chi connectivity index (χ1v) is 2.61. The normalized spacial score (nSPS) is 7.43. The molecule has 0 aliphatic carbocycles. The summed E-state index contributed by atoms with van der Waals surface area (Å²) in [7, 11) is 0. The van der Waals surface area contributed by atoms with Crippen LogP contribution in [0.15, 0.2) is 16.8 Å². The number of rotatable bonds is 0. The molecule has 3 heteroatoms. The van der Waals surface area contributed by atoms with Gasteiger partial charge in [0.25, 0.3) is 0 Å². The van der Waals surface area contributed by atoms with Crippen LogP contribution in [0, 0.1) is 0 Å². The third-order valence-electron chi connectivity index (χ3n) is 0.543. The molecular formula is C4H6ClNS. The van der Waals surface area contributed by atoms with Crippen molar-refractivity contribution in [2.45, 2.75) is 0 Å². The Morgan fingerprint density at radius 3 is 2.43 bits per heavy atom. The van der Waals surface area contributed by atoms with Crippen LogP contribution in [0.2, 0.25) is 0 Å². The molecule has 0 saturated heterocycles. The van der Waals surface area contributed by atoms with Crippen molar-refractivity contribution in [2.75, 3.05) is 5.73 Å². The summed E-state index contributed by atoms with van der Waals surface area (Å²) in [6.45, 7) is 0. The molecule has 1 nitrogen and oxygen atoms in total. The van der Waals surface area contributed by atoms with E-state index in [1.165, 1.54) is 0 Å². The van der Waals surface area contributed by atoms with Crippen molar-refractivity contribution in [3.63, 3.8) is 0 Å². The van der Waals surface area contributed by atoms with Crippen molar-refractivity contribution in [1.29, 1.82) is 0 Å². The molecule has 1 aromatic rings. The number of hydrogen-bond acceptors (Lipinski definition) is 2. The van der Waals surface area contributed by atoms with Crippen LogP contribution in [0.5, 0.6) is 0 Å². The third kappa shape index (κ3) is 1.80. The first kappa shape index (κ1) is 6.79. The van der Waals surface area contributed by atoms with Crippen LogP contribution in [0.1, 0.15) is 0 Å². The van der Waals surface area contributed by atoms with E-state index < -0.39 is 0 Å². The maximum atomic E-state index is 5.29. The van der Waals surface area contributed by atoms with Crippen molar-refractivity contribution >= 4 is 29.4 Å². The van der Waals surface area contributed by atoms with Crippen LogP contribution in [0.3, 0.4) is 0 Å². The summed E-state index contributed by atoms with van der Waals surface area (Å²) in [5.74, 6) is 0. The molecule has 0 spiro atoms. The van der Waals surface area contributed by atoms with E-state index in [-0.39, 0.29) is 12.4 Å². The molecule has 0 fully saturated rings. The highest BCUT2D eigenvalue weighted by Crippen LogP contribution is 2.05. The van der Waals surface area contributed by atoms with E-state index in [0.29, 0.717) is 0 Å². The summed E-state index contributed by atoms with van der Waals surface area (Å²) in [6, 6.07) is 1.88. The predicted octanol–water partition coefficient (Wildman–Crippen LogP) is 1.75. The molecule has 0 saturated carbocycles. The van der Waals surface area contributed by atoms with E-state index in [2.05, 4.69) is 0 Å². The lowest BCUT2D eigenvalue weighted by atomic mass is 10.6. The molecule has 0 aromatic carbocycles. The molecule has 2 N–H and O–H groups in total. The van der Waals surface area contributed by atoms with Gasteiger partial charge in [-0.2, -0.15) is 11.3 Å². The van der Waals surface area contributed by atoms with E-state index in [0.717, 1.165) is 5.69 Å². The molecule has 0 bridgehead atoms. The number of hydrogen-bond donors (Lipinski definition) is 1. The lowest BCUT2D eigenvalue weighted by Crippen LogP contribution is -1.74. The highest BCUT2D eigenvalue weighted by atomic mass is 35.5. The standard InChI is InChI=1S/C4H5NS.ClH/c5-4-1-2-6-3-4;/h1-3H,5H2;1H. The summed E-state index contributed by atoms with van der Waals surface area (Å²) in [6.07, 6.45) is 0. The monoisotopic (exact) mass is 135 g/mol. The molecule has 1 rings (SSSR count). The van der Waals surface area contributed by atoms with Gasteiger partial charge in [0.1, 0.15) is 0 Å². The van der Waals surface area contributed by atoms with Gasteiger partial charge in [0, 0.05) is 11.1 Å². The van der Waals surface area contributed by atoms with Crippen LogP contribution in [-0.4, -0.2) is 0 Å². The number of nitrogen functional groups attached to an aromatic ring is 1. The average Bonchev–Trinajstić information content (AvgIpc) is 1.86. The van der Waals surface area contributed by atoms with E-state index in [1.807, 2.05) is 16.8 Å². The van der Waals surface area contributed by atoms with Gasteiger partial charge in [-0.1, -0.05) is 0 Å². The molecule has 0 aliphatic rings. The minimum absolute atomic E-state index is 0. The summed E-state index contributed by atoms with van der Waals surface area (Å²) >= 11 is 1.61. The van der Waals surface area contributed by atoms with Crippen molar-refractivity contribution in [2.24, 2.45) is 0 Å². The summed E-state index contributed by atoms with van der Waals surface area (Å²) in [4.78, 5) is 0. The fourth-order valence-electron chi connectivity index (χ4n) is 0.275. The molecule has 0 radical (unpaired) electrons. The van der Waals surface area contributed by atoms with Gasteiger partial charge >= 0.3 is 0 Å². The van der Waals surface area contributed by atoms with Gasteiger partial charge in [0.05, 0.1) is 0 Å². The zero-order valence-corrected chi connectivity index (χ0v) is 5.26. The number of nitrogens with two attached hydrogens (primary N) is 1. The molecule has 0 aliphatic heterocycles. The molecule has 7 heavy (non-hydrogen) atoms. The Labute approximate surface area is 52.6 Å². The summed E-state index contributed by atoms with van der Waals surface area (Å²) in [5, 5.41) is 3.86. The Balaban J connectivity index is 0.000000360. The highest BCUT2D eigenvalue weighted by molar-refractivity contribution is 7.08. The van der Waals surface area contributed by atoms with E-state index in [4.69, 9.17) is 5.73 Å². The van der Waals surface area contributed by atoms with Crippen LogP contribution in [0.25, 0.3) is 0 Å². The first-order chi connectivity index (χ1) is 2.89. The fourth-order valence-corrected chi connectivity index (χ4v) is 0.825. The van der Waals surface area contributed by atoms with Gasteiger partial charge in [0.2, 0.25) is 0 Å². The van der Waals surface area contributed by atoms with Gasteiger partial charge in [-0.25, -0.2) is 0 Å². The van der Waals surface area contributed by atoms with Gasteiger partial charge in [-0.3, -0.25) is 0 Å². The van der Waals surface area contributed by atoms with E-state index >= 15 is 0 Å². The predicted molar refractivity (Wildman–Crippen MR) is 36.0 cm³/mol. The van der Waals surface area contributed by atoms with Crippen LogP contribution in [-0.2, 0) is 0 Å². The van der Waals surface area contributed by atoms with Crippen molar-refractivity contribution < 1.29 is 0 Å². The van der Waals surface area contributed by atoms with E-state index in [1.54, 1.807) is 11.3 Å². The van der Waals surface area contributed by atoms with Crippen molar-refractivity contribution in [3.8, 4) is 0 Å². The smallest absolute Gasteiger partial charge is 0.0422 e. The summed E-state index contributed by atoms with van der Waals surface area (Å²) in [5.41, 5.74) is 6.15. The van der Waals surface area contributed by atoms with E-state index in [9.17, 15) is 0 Å². The molecule has 0 amide bonds. The topological polar surface area (TPSA) is 26.0 Å². The second-order valence-electron chi connectivity index (χ2n) is 1.06. The zero-order chi connectivity index (χ0) is 4.41. The number of thiophene rings is 1. The SMILES string of the molecule is Cl.Nc1ccsc1. The van der Waals surface area contributed by atoms with Gasteiger partial charge in [-0.15, -0.1) is 12.4 Å². The van der Waals surface area contributed by atoms with Crippen molar-refractivity contribution in [3.05, 3.63) is 16.8 Å². The number of anilines is 1. The Morgan fingerprint density at radius 2 is 2.29 bits per heavy atom. The van der Waals surface area contributed by atoms with Crippen LogP contribution < -0.4 is 5.73 Å². The molecule has 40 valence electrons. The second kappa shape index (κ2) is 2.88. The summed E-state index contributed by atoms with van der Waals surface area (Å²) < 4.78 is 0. The zero-order valence-electron chi connectivity index (χ0n) is 3.63. The lowest BCUT2D eigenvalue weighted by Gasteiger charge is -1.68. The molecular weight excluding hydrogens is 130 g/mol. The molecule has 1 aromatic heterocycles. The fraction of sp³-hybridized carbons (Fsp3) is 0.